The molecule has 1 aromatic carbocycles. The maximum atomic E-state index is 11.0. The molecule has 0 saturated heterocycles. The summed E-state index contributed by atoms with van der Waals surface area (Å²) >= 11 is 0. The first kappa shape index (κ1) is 12.7. The monoisotopic (exact) mass is 245 g/mol. The Balaban J connectivity index is 2.71. The van der Waals surface area contributed by atoms with Gasteiger partial charge in [-0.1, -0.05) is 32.0 Å². The third-order valence-electron chi connectivity index (χ3n) is 3.67. The first-order chi connectivity index (χ1) is 8.34. The van der Waals surface area contributed by atoms with Crippen molar-refractivity contribution < 1.29 is 9.90 Å². The first-order valence-electron chi connectivity index (χ1n) is 6.11. The van der Waals surface area contributed by atoms with E-state index in [1.54, 1.807) is 0 Å². The molecule has 0 aliphatic heterocycles. The molecule has 0 aliphatic rings. The predicted octanol–water partition coefficient (Wildman–Crippen LogP) is 3.24. The summed E-state index contributed by atoms with van der Waals surface area (Å²) in [6.07, 6.45) is 0.141. The van der Waals surface area contributed by atoms with E-state index in [-0.39, 0.29) is 11.8 Å². The molecule has 0 fully saturated rings. The van der Waals surface area contributed by atoms with Gasteiger partial charge in [-0.25, -0.2) is 0 Å². The number of para-hydroxylation sites is 1. The van der Waals surface area contributed by atoms with Crippen molar-refractivity contribution in [3.05, 3.63) is 35.5 Å². The van der Waals surface area contributed by atoms with E-state index in [1.807, 2.05) is 33.0 Å². The summed E-state index contributed by atoms with van der Waals surface area (Å²) in [6.45, 7) is 6.05. The van der Waals surface area contributed by atoms with Crippen LogP contribution in [0.5, 0.6) is 0 Å². The molecule has 0 amide bonds. The lowest BCUT2D eigenvalue weighted by molar-refractivity contribution is -0.138. The zero-order valence-corrected chi connectivity index (χ0v) is 11.3. The standard InChI is InChI=1S/C15H19NO2/c1-10-14(15(2,3)9-13(17)18)11-7-5-6-8-12(11)16(10)4/h5-8H,9H2,1-4H3,(H,17,18). The molecule has 0 saturated carbocycles. The largest absolute Gasteiger partial charge is 0.481 e. The molecule has 0 bridgehead atoms. The van der Waals surface area contributed by atoms with Gasteiger partial charge in [0.2, 0.25) is 0 Å². The highest BCUT2D eigenvalue weighted by Crippen LogP contribution is 2.37. The molecule has 0 radical (unpaired) electrons. The van der Waals surface area contributed by atoms with Crippen molar-refractivity contribution in [3.63, 3.8) is 0 Å². The van der Waals surface area contributed by atoms with Crippen LogP contribution in [0.2, 0.25) is 0 Å². The van der Waals surface area contributed by atoms with E-state index < -0.39 is 5.97 Å². The Morgan fingerprint density at radius 1 is 1.33 bits per heavy atom. The van der Waals surface area contributed by atoms with Crippen LogP contribution in [0.25, 0.3) is 10.9 Å². The lowest BCUT2D eigenvalue weighted by Crippen LogP contribution is -2.22. The van der Waals surface area contributed by atoms with Gasteiger partial charge in [0, 0.05) is 29.1 Å². The van der Waals surface area contributed by atoms with Crippen molar-refractivity contribution in [3.8, 4) is 0 Å². The average molecular weight is 245 g/mol. The quantitative estimate of drug-likeness (QED) is 0.902. The van der Waals surface area contributed by atoms with E-state index >= 15 is 0 Å². The Labute approximate surface area is 107 Å². The molecular weight excluding hydrogens is 226 g/mol. The molecule has 0 atom stereocenters. The van der Waals surface area contributed by atoms with Gasteiger partial charge in [0.05, 0.1) is 6.42 Å². The van der Waals surface area contributed by atoms with Gasteiger partial charge in [0.25, 0.3) is 0 Å². The number of aryl methyl sites for hydroxylation is 1. The van der Waals surface area contributed by atoms with E-state index in [1.165, 1.54) is 0 Å². The van der Waals surface area contributed by atoms with Gasteiger partial charge in [0.1, 0.15) is 0 Å². The van der Waals surface area contributed by atoms with Gasteiger partial charge >= 0.3 is 5.97 Å². The number of carboxylic acid groups (broad SMARTS) is 1. The fraction of sp³-hybridized carbons (Fsp3) is 0.400. The highest BCUT2D eigenvalue weighted by atomic mass is 16.4. The molecule has 1 N–H and O–H groups in total. The van der Waals surface area contributed by atoms with Crippen molar-refractivity contribution >= 4 is 16.9 Å². The minimum Gasteiger partial charge on any atom is -0.481 e. The van der Waals surface area contributed by atoms with Crippen molar-refractivity contribution in [1.82, 2.24) is 4.57 Å². The summed E-state index contributed by atoms with van der Waals surface area (Å²) < 4.78 is 2.13. The number of fused-ring (bicyclic) bond motifs is 1. The van der Waals surface area contributed by atoms with E-state index in [2.05, 4.69) is 23.6 Å². The lowest BCUT2D eigenvalue weighted by Gasteiger charge is -2.23. The lowest BCUT2D eigenvalue weighted by atomic mass is 9.80. The Bertz CT molecular complexity index is 608. The predicted molar refractivity (Wildman–Crippen MR) is 72.9 cm³/mol. The number of nitrogens with zero attached hydrogens (tertiary/aromatic N) is 1. The average Bonchev–Trinajstić information content (AvgIpc) is 2.51. The van der Waals surface area contributed by atoms with Crippen molar-refractivity contribution in [1.29, 1.82) is 0 Å². The highest BCUT2D eigenvalue weighted by Gasteiger charge is 2.29. The summed E-state index contributed by atoms with van der Waals surface area (Å²) in [6, 6.07) is 8.15. The number of carboxylic acids is 1. The smallest absolute Gasteiger partial charge is 0.304 e. The normalized spacial score (nSPS) is 12.0. The van der Waals surface area contributed by atoms with E-state index in [4.69, 9.17) is 5.11 Å². The number of aliphatic carboxylic acids is 1. The maximum absolute atomic E-state index is 11.0. The molecule has 18 heavy (non-hydrogen) atoms. The topological polar surface area (TPSA) is 42.2 Å². The maximum Gasteiger partial charge on any atom is 0.304 e. The number of hydrogen-bond donors (Lipinski definition) is 1. The Morgan fingerprint density at radius 3 is 2.56 bits per heavy atom. The van der Waals surface area contributed by atoms with E-state index in [9.17, 15) is 4.79 Å². The summed E-state index contributed by atoms with van der Waals surface area (Å²) in [5.41, 5.74) is 3.07. The van der Waals surface area contributed by atoms with E-state index in [0.717, 1.165) is 22.2 Å². The molecule has 96 valence electrons. The summed E-state index contributed by atoms with van der Waals surface area (Å²) in [5.74, 6) is -0.757. The first-order valence-corrected chi connectivity index (χ1v) is 6.11. The molecule has 0 aliphatic carbocycles. The van der Waals surface area contributed by atoms with Gasteiger partial charge in [-0.05, 0) is 18.6 Å². The SMILES string of the molecule is Cc1c(C(C)(C)CC(=O)O)c2ccccc2n1C. The summed E-state index contributed by atoms with van der Waals surface area (Å²) in [7, 11) is 2.03. The van der Waals surface area contributed by atoms with Gasteiger partial charge in [-0.2, -0.15) is 0 Å². The van der Waals surface area contributed by atoms with Crippen LogP contribution in [0, 0.1) is 6.92 Å². The molecule has 2 aromatic rings. The molecule has 1 heterocycles. The Hall–Kier alpha value is -1.77. The third-order valence-corrected chi connectivity index (χ3v) is 3.67. The number of carbonyl (C=O) groups is 1. The second-order valence-corrected chi connectivity index (χ2v) is 5.49. The zero-order valence-electron chi connectivity index (χ0n) is 11.3. The highest BCUT2D eigenvalue weighted by molar-refractivity contribution is 5.87. The molecule has 3 heteroatoms. The van der Waals surface area contributed by atoms with Crippen molar-refractivity contribution in [2.24, 2.45) is 7.05 Å². The molecule has 3 nitrogen and oxygen atoms in total. The fourth-order valence-electron chi connectivity index (χ4n) is 2.84. The fourth-order valence-corrected chi connectivity index (χ4v) is 2.84. The van der Waals surface area contributed by atoms with Gasteiger partial charge in [-0.3, -0.25) is 4.79 Å². The van der Waals surface area contributed by atoms with Crippen LogP contribution < -0.4 is 0 Å². The van der Waals surface area contributed by atoms with Gasteiger partial charge < -0.3 is 9.67 Å². The molecule has 1 aromatic heterocycles. The second kappa shape index (κ2) is 4.16. The Kier molecular flexibility index (Phi) is 2.93. The minimum atomic E-state index is -0.757. The minimum absolute atomic E-state index is 0.141. The van der Waals surface area contributed by atoms with E-state index in [0.29, 0.717) is 0 Å². The van der Waals surface area contributed by atoms with Gasteiger partial charge in [-0.15, -0.1) is 0 Å². The van der Waals surface area contributed by atoms with Crippen LogP contribution in [0.15, 0.2) is 24.3 Å². The molecule has 2 rings (SSSR count). The van der Waals surface area contributed by atoms with Gasteiger partial charge in [0.15, 0.2) is 0 Å². The zero-order chi connectivity index (χ0) is 13.5. The number of hydrogen-bond acceptors (Lipinski definition) is 1. The summed E-state index contributed by atoms with van der Waals surface area (Å²) in [5, 5.41) is 10.2. The second-order valence-electron chi connectivity index (χ2n) is 5.49. The molecule has 0 spiro atoms. The number of rotatable bonds is 3. The molecule has 0 unspecified atom stereocenters. The van der Waals surface area contributed by atoms with Crippen LogP contribution in [0.3, 0.4) is 0 Å². The Morgan fingerprint density at radius 2 is 1.94 bits per heavy atom. The van der Waals surface area contributed by atoms with Crippen molar-refractivity contribution in [2.45, 2.75) is 32.6 Å². The molecular formula is C15H19NO2. The van der Waals surface area contributed by atoms with Crippen LogP contribution in [0.4, 0.5) is 0 Å². The summed E-state index contributed by atoms with van der Waals surface area (Å²) in [4.78, 5) is 11.0. The van der Waals surface area contributed by atoms with Crippen LogP contribution in [-0.4, -0.2) is 15.6 Å². The third kappa shape index (κ3) is 1.90. The van der Waals surface area contributed by atoms with Crippen LogP contribution >= 0.6 is 0 Å². The number of benzene rings is 1. The van der Waals surface area contributed by atoms with Crippen LogP contribution in [-0.2, 0) is 17.3 Å². The number of aromatic nitrogens is 1. The van der Waals surface area contributed by atoms with Crippen LogP contribution in [0.1, 0.15) is 31.5 Å². The van der Waals surface area contributed by atoms with Crippen molar-refractivity contribution in [2.75, 3.05) is 0 Å².